The number of piperazine rings is 1. The van der Waals surface area contributed by atoms with Crippen molar-refractivity contribution in [3.8, 4) is 0 Å². The second-order valence-corrected chi connectivity index (χ2v) is 7.16. The SMILES string of the molecule is CCC1(C)CN(CC2CCOC2C)C(C(C)C)CN1. The summed E-state index contributed by atoms with van der Waals surface area (Å²) in [7, 11) is 0. The monoisotopic (exact) mass is 268 g/mol. The zero-order valence-electron chi connectivity index (χ0n) is 13.4. The molecule has 0 aromatic heterocycles. The summed E-state index contributed by atoms with van der Waals surface area (Å²) in [6.45, 7) is 16.1. The van der Waals surface area contributed by atoms with E-state index in [0.29, 0.717) is 18.1 Å². The molecule has 19 heavy (non-hydrogen) atoms. The topological polar surface area (TPSA) is 24.5 Å². The largest absolute Gasteiger partial charge is 0.378 e. The molecule has 0 spiro atoms. The fourth-order valence-electron chi connectivity index (χ4n) is 3.51. The lowest BCUT2D eigenvalue weighted by molar-refractivity contribution is 0.0312. The fraction of sp³-hybridized carbons (Fsp3) is 1.00. The van der Waals surface area contributed by atoms with Gasteiger partial charge in [-0.2, -0.15) is 0 Å². The molecule has 4 unspecified atom stereocenters. The predicted molar refractivity (Wildman–Crippen MR) is 80.4 cm³/mol. The third-order valence-electron chi connectivity index (χ3n) is 5.31. The van der Waals surface area contributed by atoms with Crippen LogP contribution in [0, 0.1) is 11.8 Å². The van der Waals surface area contributed by atoms with Crippen molar-refractivity contribution in [1.29, 1.82) is 0 Å². The molecule has 0 saturated carbocycles. The minimum atomic E-state index is 0.286. The van der Waals surface area contributed by atoms with Crippen LogP contribution in [0.25, 0.3) is 0 Å². The zero-order valence-corrected chi connectivity index (χ0v) is 13.4. The van der Waals surface area contributed by atoms with E-state index in [-0.39, 0.29) is 5.54 Å². The minimum absolute atomic E-state index is 0.286. The molecule has 1 N–H and O–H groups in total. The Morgan fingerprint density at radius 3 is 2.68 bits per heavy atom. The van der Waals surface area contributed by atoms with E-state index in [9.17, 15) is 0 Å². The lowest BCUT2D eigenvalue weighted by Crippen LogP contribution is -2.64. The Balaban J connectivity index is 2.03. The molecule has 0 aliphatic carbocycles. The van der Waals surface area contributed by atoms with Crippen molar-refractivity contribution in [1.82, 2.24) is 10.2 Å². The van der Waals surface area contributed by atoms with Crippen molar-refractivity contribution in [3.05, 3.63) is 0 Å². The van der Waals surface area contributed by atoms with Crippen molar-refractivity contribution >= 4 is 0 Å². The van der Waals surface area contributed by atoms with Crippen LogP contribution < -0.4 is 5.32 Å². The van der Waals surface area contributed by atoms with Gasteiger partial charge in [0.25, 0.3) is 0 Å². The predicted octanol–water partition coefficient (Wildman–Crippen LogP) is 2.51. The lowest BCUT2D eigenvalue weighted by Gasteiger charge is -2.48. The summed E-state index contributed by atoms with van der Waals surface area (Å²) in [6, 6.07) is 0.674. The van der Waals surface area contributed by atoms with Gasteiger partial charge in [-0.15, -0.1) is 0 Å². The Hall–Kier alpha value is -0.120. The summed E-state index contributed by atoms with van der Waals surface area (Å²) in [5.41, 5.74) is 0.286. The molecule has 2 fully saturated rings. The second kappa shape index (κ2) is 6.11. The second-order valence-electron chi connectivity index (χ2n) is 7.16. The maximum atomic E-state index is 5.74. The first-order chi connectivity index (χ1) is 8.95. The van der Waals surface area contributed by atoms with Gasteiger partial charge in [-0.25, -0.2) is 0 Å². The van der Waals surface area contributed by atoms with Crippen LogP contribution in [0.5, 0.6) is 0 Å². The van der Waals surface area contributed by atoms with E-state index in [4.69, 9.17) is 4.74 Å². The third-order valence-corrected chi connectivity index (χ3v) is 5.31. The van der Waals surface area contributed by atoms with E-state index in [1.807, 2.05) is 0 Å². The first-order valence-electron chi connectivity index (χ1n) is 8.06. The molecule has 2 heterocycles. The van der Waals surface area contributed by atoms with Gasteiger partial charge < -0.3 is 10.1 Å². The van der Waals surface area contributed by atoms with Gasteiger partial charge in [0, 0.05) is 37.8 Å². The molecule has 3 nitrogen and oxygen atoms in total. The Labute approximate surface area is 119 Å². The van der Waals surface area contributed by atoms with E-state index in [2.05, 4.69) is 44.8 Å². The van der Waals surface area contributed by atoms with Crippen molar-refractivity contribution in [3.63, 3.8) is 0 Å². The molecule has 0 aromatic carbocycles. The van der Waals surface area contributed by atoms with Gasteiger partial charge in [0.15, 0.2) is 0 Å². The van der Waals surface area contributed by atoms with E-state index in [0.717, 1.165) is 19.1 Å². The molecule has 3 heteroatoms. The highest BCUT2D eigenvalue weighted by Gasteiger charge is 2.38. The summed E-state index contributed by atoms with van der Waals surface area (Å²) < 4.78 is 5.74. The van der Waals surface area contributed by atoms with Gasteiger partial charge in [-0.3, -0.25) is 4.90 Å². The number of nitrogens with zero attached hydrogens (tertiary/aromatic N) is 1. The van der Waals surface area contributed by atoms with Crippen LogP contribution in [-0.4, -0.2) is 48.8 Å². The maximum absolute atomic E-state index is 5.74. The number of ether oxygens (including phenoxy) is 1. The minimum Gasteiger partial charge on any atom is -0.378 e. The van der Waals surface area contributed by atoms with Gasteiger partial charge in [0.2, 0.25) is 0 Å². The van der Waals surface area contributed by atoms with Crippen molar-refractivity contribution in [2.24, 2.45) is 11.8 Å². The maximum Gasteiger partial charge on any atom is 0.0588 e. The van der Waals surface area contributed by atoms with Gasteiger partial charge in [-0.1, -0.05) is 20.8 Å². The summed E-state index contributed by atoms with van der Waals surface area (Å²) in [6.07, 6.45) is 2.87. The van der Waals surface area contributed by atoms with Crippen LogP contribution in [0.1, 0.15) is 47.5 Å². The Morgan fingerprint density at radius 1 is 1.42 bits per heavy atom. The molecule has 2 aliphatic rings. The third kappa shape index (κ3) is 3.50. The van der Waals surface area contributed by atoms with Gasteiger partial charge in [0.1, 0.15) is 0 Å². The molecule has 2 saturated heterocycles. The average Bonchev–Trinajstić information content (AvgIpc) is 2.75. The van der Waals surface area contributed by atoms with Crippen LogP contribution >= 0.6 is 0 Å². The van der Waals surface area contributed by atoms with Crippen LogP contribution in [0.15, 0.2) is 0 Å². The highest BCUT2D eigenvalue weighted by Crippen LogP contribution is 2.27. The standard InChI is InChI=1S/C16H32N2O/c1-6-16(5)11-18(15(9-17-16)12(2)3)10-14-7-8-19-13(14)4/h12-15,17H,6-11H2,1-5H3. The van der Waals surface area contributed by atoms with E-state index >= 15 is 0 Å². The molecule has 4 atom stereocenters. The molecule has 2 rings (SSSR count). The number of nitrogens with one attached hydrogen (secondary N) is 1. The quantitative estimate of drug-likeness (QED) is 0.848. The molecule has 112 valence electrons. The molecular formula is C16H32N2O. The van der Waals surface area contributed by atoms with Gasteiger partial charge in [-0.05, 0) is 38.5 Å². The number of hydrogen-bond donors (Lipinski definition) is 1. The van der Waals surface area contributed by atoms with Crippen LogP contribution in [-0.2, 0) is 4.74 Å². The van der Waals surface area contributed by atoms with Crippen LogP contribution in [0.4, 0.5) is 0 Å². The normalized spacial score (nSPS) is 41.1. The molecule has 0 bridgehead atoms. The summed E-state index contributed by atoms with van der Waals surface area (Å²) in [4.78, 5) is 2.74. The van der Waals surface area contributed by atoms with Crippen LogP contribution in [0.2, 0.25) is 0 Å². The Kier molecular flexibility index (Phi) is 4.91. The van der Waals surface area contributed by atoms with Crippen molar-refractivity contribution < 1.29 is 4.74 Å². The smallest absolute Gasteiger partial charge is 0.0588 e. The molecule has 0 radical (unpaired) electrons. The molecular weight excluding hydrogens is 236 g/mol. The highest BCUT2D eigenvalue weighted by molar-refractivity contribution is 4.96. The Morgan fingerprint density at radius 2 is 2.16 bits per heavy atom. The van der Waals surface area contributed by atoms with E-state index < -0.39 is 0 Å². The molecule has 0 aromatic rings. The summed E-state index contributed by atoms with van der Waals surface area (Å²) in [5, 5.41) is 3.77. The highest BCUT2D eigenvalue weighted by atomic mass is 16.5. The summed E-state index contributed by atoms with van der Waals surface area (Å²) in [5.74, 6) is 1.44. The fourth-order valence-corrected chi connectivity index (χ4v) is 3.51. The van der Waals surface area contributed by atoms with Crippen LogP contribution in [0.3, 0.4) is 0 Å². The van der Waals surface area contributed by atoms with E-state index in [1.165, 1.54) is 25.9 Å². The first kappa shape index (κ1) is 15.3. The average molecular weight is 268 g/mol. The van der Waals surface area contributed by atoms with Crippen molar-refractivity contribution in [2.75, 3.05) is 26.2 Å². The number of rotatable bonds is 4. The summed E-state index contributed by atoms with van der Waals surface area (Å²) >= 11 is 0. The van der Waals surface area contributed by atoms with Gasteiger partial charge >= 0.3 is 0 Å². The first-order valence-corrected chi connectivity index (χ1v) is 8.06. The molecule has 2 aliphatic heterocycles. The Bertz CT molecular complexity index is 294. The number of hydrogen-bond acceptors (Lipinski definition) is 3. The van der Waals surface area contributed by atoms with Crippen molar-refractivity contribution in [2.45, 2.75) is 65.1 Å². The zero-order chi connectivity index (χ0) is 14.0. The van der Waals surface area contributed by atoms with E-state index in [1.54, 1.807) is 0 Å². The lowest BCUT2D eigenvalue weighted by atomic mass is 9.88. The molecule has 0 amide bonds. The van der Waals surface area contributed by atoms with Gasteiger partial charge in [0.05, 0.1) is 6.10 Å².